The quantitative estimate of drug-likeness (QED) is 0.580. The fourth-order valence-electron chi connectivity index (χ4n) is 2.22. The van der Waals surface area contributed by atoms with Crippen molar-refractivity contribution in [3.05, 3.63) is 12.2 Å². The molecule has 0 radical (unpaired) electrons. The molecular formula is C9H12O2. The third-order valence-corrected chi connectivity index (χ3v) is 2.89. The Kier molecular flexibility index (Phi) is 1.48. The first kappa shape index (κ1) is 6.89. The van der Waals surface area contributed by atoms with Gasteiger partial charge in [-0.15, -0.1) is 0 Å². The van der Waals surface area contributed by atoms with Crippen LogP contribution in [-0.4, -0.2) is 11.1 Å². The fourth-order valence-corrected chi connectivity index (χ4v) is 2.22. The van der Waals surface area contributed by atoms with Gasteiger partial charge in [-0.05, 0) is 31.1 Å². The van der Waals surface area contributed by atoms with E-state index in [1.165, 1.54) is 6.42 Å². The lowest BCUT2D eigenvalue weighted by Gasteiger charge is -2.35. The average molecular weight is 152 g/mol. The van der Waals surface area contributed by atoms with E-state index in [1.807, 2.05) is 0 Å². The van der Waals surface area contributed by atoms with Gasteiger partial charge in [-0.2, -0.15) is 0 Å². The molecule has 1 N–H and O–H groups in total. The number of fused-ring (bicyclic) bond motifs is 2. The van der Waals surface area contributed by atoms with Crippen molar-refractivity contribution in [3.8, 4) is 0 Å². The van der Waals surface area contributed by atoms with Gasteiger partial charge in [0.05, 0.1) is 5.92 Å². The van der Waals surface area contributed by atoms with Gasteiger partial charge in [0.2, 0.25) is 0 Å². The number of carboxylic acids is 1. The minimum atomic E-state index is -0.607. The highest BCUT2D eigenvalue weighted by Gasteiger charge is 2.35. The molecule has 0 aliphatic heterocycles. The maximum absolute atomic E-state index is 10.7. The van der Waals surface area contributed by atoms with E-state index in [4.69, 9.17) is 5.11 Å². The molecule has 0 spiro atoms. The number of allylic oxidation sites excluding steroid dienone is 2. The number of hydrogen-bond donors (Lipinski definition) is 1. The monoisotopic (exact) mass is 152 g/mol. The summed E-state index contributed by atoms with van der Waals surface area (Å²) in [5.74, 6) is 0.196. The Morgan fingerprint density at radius 3 is 2.45 bits per heavy atom. The van der Waals surface area contributed by atoms with E-state index < -0.39 is 5.97 Å². The molecule has 1 fully saturated rings. The van der Waals surface area contributed by atoms with Crippen molar-refractivity contribution in [3.63, 3.8) is 0 Å². The zero-order valence-corrected chi connectivity index (χ0v) is 6.36. The molecule has 2 heteroatoms. The van der Waals surface area contributed by atoms with Gasteiger partial charge in [-0.1, -0.05) is 12.2 Å². The second kappa shape index (κ2) is 2.36. The van der Waals surface area contributed by atoms with Crippen molar-refractivity contribution >= 4 is 5.97 Å². The molecule has 3 aliphatic rings. The lowest BCUT2D eigenvalue weighted by molar-refractivity contribution is -0.144. The minimum Gasteiger partial charge on any atom is -0.481 e. The molecule has 3 rings (SSSR count). The molecule has 11 heavy (non-hydrogen) atoms. The molecule has 3 aliphatic carbocycles. The first-order valence-corrected chi connectivity index (χ1v) is 4.18. The largest absolute Gasteiger partial charge is 0.481 e. The molecule has 0 aromatic rings. The predicted octanol–water partition coefficient (Wildman–Crippen LogP) is 1.67. The maximum atomic E-state index is 10.7. The van der Waals surface area contributed by atoms with Gasteiger partial charge < -0.3 is 5.11 Å². The molecule has 2 nitrogen and oxygen atoms in total. The number of rotatable bonds is 1. The van der Waals surface area contributed by atoms with E-state index >= 15 is 0 Å². The normalized spacial score (nSPS) is 40.9. The van der Waals surface area contributed by atoms with Crippen LogP contribution in [0.2, 0.25) is 0 Å². The smallest absolute Gasteiger partial charge is 0.307 e. The van der Waals surface area contributed by atoms with Crippen molar-refractivity contribution in [1.82, 2.24) is 0 Å². The van der Waals surface area contributed by atoms with Crippen molar-refractivity contribution < 1.29 is 9.90 Å². The van der Waals surface area contributed by atoms with Gasteiger partial charge in [0.1, 0.15) is 0 Å². The summed E-state index contributed by atoms with van der Waals surface area (Å²) in [6, 6.07) is 0. The number of hydrogen-bond acceptors (Lipinski definition) is 1. The molecule has 1 unspecified atom stereocenters. The molecular weight excluding hydrogens is 140 g/mol. The Balaban J connectivity index is 2.17. The summed E-state index contributed by atoms with van der Waals surface area (Å²) in [4.78, 5) is 10.7. The van der Waals surface area contributed by atoms with Gasteiger partial charge in [0.15, 0.2) is 0 Å². The van der Waals surface area contributed by atoms with E-state index in [0.717, 1.165) is 12.8 Å². The van der Waals surface area contributed by atoms with Crippen LogP contribution in [0.1, 0.15) is 19.3 Å². The zero-order valence-electron chi connectivity index (χ0n) is 6.36. The standard InChI is InChI=1S/C9H12O2/c10-9(11)8-5-6-1-3-7(8)4-2-6/h1,3,6-8H,2,4-5H2,(H,10,11)/t6-,7+,8?/m1/s1. The Labute approximate surface area is 65.9 Å². The second-order valence-electron chi connectivity index (χ2n) is 3.57. The SMILES string of the molecule is O=C(O)C1C[C@@H]2C=C[C@H]1CC2. The van der Waals surface area contributed by atoms with Gasteiger partial charge in [0.25, 0.3) is 0 Å². The number of carboxylic acid groups (broad SMARTS) is 1. The van der Waals surface area contributed by atoms with Crippen molar-refractivity contribution in [2.75, 3.05) is 0 Å². The summed E-state index contributed by atoms with van der Waals surface area (Å²) in [5, 5.41) is 8.83. The maximum Gasteiger partial charge on any atom is 0.307 e. The summed E-state index contributed by atoms with van der Waals surface area (Å²) >= 11 is 0. The van der Waals surface area contributed by atoms with Crippen LogP contribution < -0.4 is 0 Å². The molecule has 0 saturated heterocycles. The lowest BCUT2D eigenvalue weighted by Crippen LogP contribution is -2.32. The minimum absolute atomic E-state index is 0.0845. The molecule has 2 bridgehead atoms. The summed E-state index contributed by atoms with van der Waals surface area (Å²) in [6.07, 6.45) is 7.43. The van der Waals surface area contributed by atoms with Gasteiger partial charge in [-0.25, -0.2) is 0 Å². The van der Waals surface area contributed by atoms with E-state index in [0.29, 0.717) is 11.8 Å². The lowest BCUT2D eigenvalue weighted by atomic mass is 9.69. The van der Waals surface area contributed by atoms with Crippen LogP contribution in [0, 0.1) is 17.8 Å². The summed E-state index contributed by atoms with van der Waals surface area (Å²) in [5.41, 5.74) is 0. The summed E-state index contributed by atoms with van der Waals surface area (Å²) in [6.45, 7) is 0. The van der Waals surface area contributed by atoms with Gasteiger partial charge in [0, 0.05) is 0 Å². The van der Waals surface area contributed by atoms with E-state index in [1.54, 1.807) is 0 Å². The molecule has 60 valence electrons. The summed E-state index contributed by atoms with van der Waals surface area (Å²) in [7, 11) is 0. The van der Waals surface area contributed by atoms with Crippen LogP contribution >= 0.6 is 0 Å². The van der Waals surface area contributed by atoms with Crippen molar-refractivity contribution in [2.45, 2.75) is 19.3 Å². The predicted molar refractivity (Wildman–Crippen MR) is 41.1 cm³/mol. The Morgan fingerprint density at radius 2 is 2.18 bits per heavy atom. The molecule has 0 aromatic carbocycles. The zero-order chi connectivity index (χ0) is 7.84. The van der Waals surface area contributed by atoms with E-state index in [-0.39, 0.29) is 5.92 Å². The van der Waals surface area contributed by atoms with Gasteiger partial charge >= 0.3 is 5.97 Å². The van der Waals surface area contributed by atoms with E-state index in [2.05, 4.69) is 12.2 Å². The third kappa shape index (κ3) is 1.06. The van der Waals surface area contributed by atoms with Crippen LogP contribution in [0.25, 0.3) is 0 Å². The first-order valence-electron chi connectivity index (χ1n) is 4.18. The fraction of sp³-hybridized carbons (Fsp3) is 0.667. The van der Waals surface area contributed by atoms with Crippen LogP contribution in [0.4, 0.5) is 0 Å². The topological polar surface area (TPSA) is 37.3 Å². The van der Waals surface area contributed by atoms with Crippen LogP contribution in [0.3, 0.4) is 0 Å². The Hall–Kier alpha value is -0.790. The number of carbonyl (C=O) groups is 1. The molecule has 3 atom stereocenters. The van der Waals surface area contributed by atoms with Crippen molar-refractivity contribution in [1.29, 1.82) is 0 Å². The van der Waals surface area contributed by atoms with Crippen molar-refractivity contribution in [2.24, 2.45) is 17.8 Å². The highest BCUT2D eigenvalue weighted by atomic mass is 16.4. The Bertz CT molecular complexity index is 208. The van der Waals surface area contributed by atoms with Crippen LogP contribution in [0.5, 0.6) is 0 Å². The highest BCUT2D eigenvalue weighted by molar-refractivity contribution is 5.71. The molecule has 1 saturated carbocycles. The first-order chi connectivity index (χ1) is 5.27. The van der Waals surface area contributed by atoms with E-state index in [9.17, 15) is 4.79 Å². The highest BCUT2D eigenvalue weighted by Crippen LogP contribution is 2.40. The molecule has 0 amide bonds. The van der Waals surface area contributed by atoms with Gasteiger partial charge in [-0.3, -0.25) is 4.79 Å². The van der Waals surface area contributed by atoms with Crippen LogP contribution in [0.15, 0.2) is 12.2 Å². The third-order valence-electron chi connectivity index (χ3n) is 2.89. The van der Waals surface area contributed by atoms with Crippen LogP contribution in [-0.2, 0) is 4.79 Å². The second-order valence-corrected chi connectivity index (χ2v) is 3.57. The average Bonchev–Trinajstić information content (AvgIpc) is 2.06. The molecule has 0 heterocycles. The molecule has 0 aromatic heterocycles. The Morgan fingerprint density at radius 1 is 1.36 bits per heavy atom. The summed E-state index contributed by atoms with van der Waals surface area (Å²) < 4.78 is 0. The number of aliphatic carboxylic acids is 1.